The third-order valence-electron chi connectivity index (χ3n) is 3.40. The van der Waals surface area contributed by atoms with E-state index in [0.29, 0.717) is 6.54 Å². The molecule has 0 saturated carbocycles. The van der Waals surface area contributed by atoms with Crippen LogP contribution in [0, 0.1) is 5.82 Å². The molecule has 0 aliphatic carbocycles. The highest BCUT2D eigenvalue weighted by atomic mass is 32.1. The molecule has 1 atom stereocenters. The minimum Gasteiger partial charge on any atom is -0.481 e. The summed E-state index contributed by atoms with van der Waals surface area (Å²) in [5.41, 5.74) is 0. The summed E-state index contributed by atoms with van der Waals surface area (Å²) in [5.74, 6) is -0.736. The zero-order chi connectivity index (χ0) is 16.8. The lowest BCUT2D eigenvalue weighted by atomic mass is 10.2. The zero-order valence-corrected chi connectivity index (χ0v) is 13.6. The van der Waals surface area contributed by atoms with E-state index in [4.69, 9.17) is 4.74 Å². The molecule has 0 aliphatic heterocycles. The number of hydrogen-bond acceptors (Lipinski definition) is 4. The van der Waals surface area contributed by atoms with Gasteiger partial charge in [-0.25, -0.2) is 4.39 Å². The monoisotopic (exact) mass is 345 g/mol. The summed E-state index contributed by atoms with van der Waals surface area (Å²) < 4.78 is 20.5. The highest BCUT2D eigenvalue weighted by molar-refractivity contribution is 7.10. The molecule has 7 heteroatoms. The lowest BCUT2D eigenvalue weighted by Crippen LogP contribution is -2.34. The van der Waals surface area contributed by atoms with Crippen LogP contribution < -0.4 is 10.1 Å². The molecule has 5 nitrogen and oxygen atoms in total. The SMILES string of the molecule is O=C(COc1ccccc1F)NCC(c1cccs1)n1cccn1. The van der Waals surface area contributed by atoms with E-state index in [1.54, 1.807) is 34.3 Å². The number of thiophene rings is 1. The second kappa shape index (κ2) is 7.74. The molecule has 3 rings (SSSR count). The molecule has 124 valence electrons. The molecule has 2 aromatic heterocycles. The van der Waals surface area contributed by atoms with Gasteiger partial charge in [0.15, 0.2) is 18.2 Å². The van der Waals surface area contributed by atoms with Gasteiger partial charge in [0.2, 0.25) is 0 Å². The maximum atomic E-state index is 13.5. The Morgan fingerprint density at radius 3 is 2.88 bits per heavy atom. The maximum absolute atomic E-state index is 13.5. The molecule has 2 heterocycles. The van der Waals surface area contributed by atoms with Crippen LogP contribution in [0.1, 0.15) is 10.9 Å². The van der Waals surface area contributed by atoms with Crippen LogP contribution in [0.25, 0.3) is 0 Å². The van der Waals surface area contributed by atoms with Crippen LogP contribution in [0.15, 0.2) is 60.2 Å². The Bertz CT molecular complexity index is 741. The van der Waals surface area contributed by atoms with Crippen molar-refractivity contribution in [3.8, 4) is 5.75 Å². The summed E-state index contributed by atoms with van der Waals surface area (Å²) in [6.45, 7) is 0.138. The van der Waals surface area contributed by atoms with Crippen LogP contribution in [-0.2, 0) is 4.79 Å². The summed E-state index contributed by atoms with van der Waals surface area (Å²) in [6.07, 6.45) is 3.55. The maximum Gasteiger partial charge on any atom is 0.258 e. The number of aromatic nitrogens is 2. The van der Waals surface area contributed by atoms with Gasteiger partial charge < -0.3 is 10.1 Å². The molecule has 0 saturated heterocycles. The molecular formula is C17H16FN3O2S. The standard InChI is InChI=1S/C17H16FN3O2S/c18-13-5-1-2-6-15(13)23-12-17(22)19-11-14(16-7-3-10-24-16)21-9-4-8-20-21/h1-10,14H,11-12H2,(H,19,22). The Labute approximate surface area is 142 Å². The van der Waals surface area contributed by atoms with E-state index in [1.807, 2.05) is 29.8 Å². The van der Waals surface area contributed by atoms with Gasteiger partial charge in [-0.2, -0.15) is 5.10 Å². The third-order valence-corrected chi connectivity index (χ3v) is 4.38. The molecule has 0 aliphatic rings. The number of para-hydroxylation sites is 1. The second-order valence-electron chi connectivity index (χ2n) is 5.04. The molecule has 1 unspecified atom stereocenters. The largest absolute Gasteiger partial charge is 0.481 e. The summed E-state index contributed by atoms with van der Waals surface area (Å²) in [6, 6.07) is 11.7. The van der Waals surface area contributed by atoms with Gasteiger partial charge in [-0.05, 0) is 29.6 Å². The van der Waals surface area contributed by atoms with Gasteiger partial charge in [-0.3, -0.25) is 9.48 Å². The van der Waals surface area contributed by atoms with Gasteiger partial charge in [-0.1, -0.05) is 18.2 Å². The topological polar surface area (TPSA) is 56.1 Å². The van der Waals surface area contributed by atoms with E-state index < -0.39 is 5.82 Å². The van der Waals surface area contributed by atoms with E-state index >= 15 is 0 Å². The average molecular weight is 345 g/mol. The molecule has 1 amide bonds. The van der Waals surface area contributed by atoms with Crippen molar-refractivity contribution >= 4 is 17.2 Å². The first-order chi connectivity index (χ1) is 11.7. The zero-order valence-electron chi connectivity index (χ0n) is 12.8. The van der Waals surface area contributed by atoms with Crippen LogP contribution in [0.4, 0.5) is 4.39 Å². The normalized spacial score (nSPS) is 11.9. The van der Waals surface area contributed by atoms with E-state index in [1.165, 1.54) is 12.1 Å². The van der Waals surface area contributed by atoms with Crippen LogP contribution in [-0.4, -0.2) is 28.8 Å². The second-order valence-corrected chi connectivity index (χ2v) is 6.02. The quantitative estimate of drug-likeness (QED) is 0.716. The van der Waals surface area contributed by atoms with Crippen molar-refractivity contribution in [2.45, 2.75) is 6.04 Å². The Hall–Kier alpha value is -2.67. The Morgan fingerprint density at radius 1 is 1.29 bits per heavy atom. The number of hydrogen-bond donors (Lipinski definition) is 1. The molecule has 1 aromatic carbocycles. The van der Waals surface area contributed by atoms with Crippen LogP contribution in [0.2, 0.25) is 0 Å². The van der Waals surface area contributed by atoms with Gasteiger partial charge in [0.1, 0.15) is 6.04 Å². The highest BCUT2D eigenvalue weighted by Gasteiger charge is 2.16. The fourth-order valence-corrected chi connectivity index (χ4v) is 3.06. The minimum atomic E-state index is -0.488. The van der Waals surface area contributed by atoms with E-state index in [-0.39, 0.29) is 24.3 Å². The molecule has 0 spiro atoms. The van der Waals surface area contributed by atoms with Gasteiger partial charge in [-0.15, -0.1) is 11.3 Å². The number of nitrogens with zero attached hydrogens (tertiary/aromatic N) is 2. The summed E-state index contributed by atoms with van der Waals surface area (Å²) in [4.78, 5) is 13.1. The van der Waals surface area contributed by atoms with Crippen molar-refractivity contribution in [1.29, 1.82) is 0 Å². The van der Waals surface area contributed by atoms with Crippen LogP contribution in [0.3, 0.4) is 0 Å². The predicted octanol–water partition coefficient (Wildman–Crippen LogP) is 2.87. The van der Waals surface area contributed by atoms with Gasteiger partial charge in [0.25, 0.3) is 5.91 Å². The Morgan fingerprint density at radius 2 is 2.17 bits per heavy atom. The number of carbonyl (C=O) groups excluding carboxylic acids is 1. The fourth-order valence-electron chi connectivity index (χ4n) is 2.24. The van der Waals surface area contributed by atoms with Gasteiger partial charge >= 0.3 is 0 Å². The summed E-state index contributed by atoms with van der Waals surface area (Å²) >= 11 is 1.60. The lowest BCUT2D eigenvalue weighted by molar-refractivity contribution is -0.123. The minimum absolute atomic E-state index is 0.0644. The first kappa shape index (κ1) is 16.2. The molecule has 1 N–H and O–H groups in total. The lowest BCUT2D eigenvalue weighted by Gasteiger charge is -2.17. The van der Waals surface area contributed by atoms with Crippen molar-refractivity contribution in [3.05, 3.63) is 70.9 Å². The molecule has 3 aromatic rings. The Balaban J connectivity index is 1.57. The third kappa shape index (κ3) is 3.99. The van der Waals surface area contributed by atoms with E-state index in [9.17, 15) is 9.18 Å². The number of amides is 1. The Kier molecular flexibility index (Phi) is 5.22. The fraction of sp³-hybridized carbons (Fsp3) is 0.176. The number of benzene rings is 1. The van der Waals surface area contributed by atoms with Crippen LogP contribution >= 0.6 is 11.3 Å². The molecule has 0 radical (unpaired) electrons. The number of nitrogens with one attached hydrogen (secondary N) is 1. The summed E-state index contributed by atoms with van der Waals surface area (Å²) in [5, 5.41) is 9.04. The van der Waals surface area contributed by atoms with Gasteiger partial charge in [0, 0.05) is 23.8 Å². The number of rotatable bonds is 7. The molecule has 0 bridgehead atoms. The van der Waals surface area contributed by atoms with Crippen LogP contribution in [0.5, 0.6) is 5.75 Å². The number of ether oxygens (including phenoxy) is 1. The van der Waals surface area contributed by atoms with Crippen molar-refractivity contribution in [3.63, 3.8) is 0 Å². The van der Waals surface area contributed by atoms with Crippen molar-refractivity contribution < 1.29 is 13.9 Å². The van der Waals surface area contributed by atoms with E-state index in [2.05, 4.69) is 10.4 Å². The molecule has 0 fully saturated rings. The van der Waals surface area contributed by atoms with Crippen molar-refractivity contribution in [1.82, 2.24) is 15.1 Å². The smallest absolute Gasteiger partial charge is 0.258 e. The van der Waals surface area contributed by atoms with Crippen molar-refractivity contribution in [2.75, 3.05) is 13.2 Å². The number of halogens is 1. The first-order valence-electron chi connectivity index (χ1n) is 7.40. The first-order valence-corrected chi connectivity index (χ1v) is 8.28. The highest BCUT2D eigenvalue weighted by Crippen LogP contribution is 2.22. The predicted molar refractivity (Wildman–Crippen MR) is 89.6 cm³/mol. The van der Waals surface area contributed by atoms with E-state index in [0.717, 1.165) is 4.88 Å². The molecule has 24 heavy (non-hydrogen) atoms. The number of carbonyl (C=O) groups is 1. The average Bonchev–Trinajstić information content (AvgIpc) is 3.28. The van der Waals surface area contributed by atoms with Gasteiger partial charge in [0.05, 0.1) is 0 Å². The summed E-state index contributed by atoms with van der Waals surface area (Å²) in [7, 11) is 0. The molecular weight excluding hydrogens is 329 g/mol. The van der Waals surface area contributed by atoms with Crippen molar-refractivity contribution in [2.24, 2.45) is 0 Å².